The van der Waals surface area contributed by atoms with Crippen molar-refractivity contribution in [1.29, 1.82) is 5.26 Å². The van der Waals surface area contributed by atoms with Gasteiger partial charge in [0, 0.05) is 5.57 Å². The van der Waals surface area contributed by atoms with Crippen molar-refractivity contribution < 1.29 is 22.7 Å². The number of hydrogen-bond donors (Lipinski definition) is 0. The number of ether oxygens (including phenoxy) is 1. The van der Waals surface area contributed by atoms with Crippen LogP contribution in [-0.4, -0.2) is 49.8 Å². The second-order valence-electron chi connectivity index (χ2n) is 6.48. The van der Waals surface area contributed by atoms with Crippen molar-refractivity contribution in [3.05, 3.63) is 46.5 Å². The fraction of sp³-hybridized carbons (Fsp3) is 0.316. The van der Waals surface area contributed by atoms with E-state index in [1.807, 2.05) is 6.07 Å². The number of sulfone groups is 1. The third kappa shape index (κ3) is 3.51. The minimum atomic E-state index is -3.29. The van der Waals surface area contributed by atoms with Crippen LogP contribution < -0.4 is 4.74 Å². The van der Waals surface area contributed by atoms with E-state index in [1.54, 1.807) is 44.4 Å². The number of carbonyl (C=O) groups is 2. The number of hydrogen-bond acceptors (Lipinski definition) is 6. The molecule has 8 heteroatoms. The van der Waals surface area contributed by atoms with Gasteiger partial charge in [0.25, 0.3) is 11.8 Å². The van der Waals surface area contributed by atoms with E-state index in [2.05, 4.69) is 0 Å². The molecule has 2 amide bonds. The van der Waals surface area contributed by atoms with Crippen LogP contribution in [0.5, 0.6) is 5.75 Å². The van der Waals surface area contributed by atoms with E-state index >= 15 is 0 Å². The molecule has 0 bridgehead atoms. The molecule has 0 saturated carbocycles. The Morgan fingerprint density at radius 3 is 2.41 bits per heavy atom. The first kappa shape index (κ1) is 18.9. The van der Waals surface area contributed by atoms with Gasteiger partial charge >= 0.3 is 0 Å². The summed E-state index contributed by atoms with van der Waals surface area (Å²) in [7, 11) is -1.75. The molecule has 1 unspecified atom stereocenters. The second kappa shape index (κ2) is 7.00. The third-order valence-corrected chi connectivity index (χ3v) is 6.52. The molecule has 1 atom stereocenters. The Hall–Kier alpha value is -2.92. The molecule has 140 valence electrons. The number of methoxy groups -OCH3 is 1. The highest BCUT2D eigenvalue weighted by molar-refractivity contribution is 7.91. The largest absolute Gasteiger partial charge is 0.497 e. The lowest BCUT2D eigenvalue weighted by molar-refractivity contribution is -0.142. The molecule has 3 rings (SSSR count). The van der Waals surface area contributed by atoms with E-state index in [9.17, 15) is 23.3 Å². The number of rotatable bonds is 3. The van der Waals surface area contributed by atoms with Crippen LogP contribution in [0.1, 0.15) is 18.9 Å². The normalized spacial score (nSPS) is 23.7. The summed E-state index contributed by atoms with van der Waals surface area (Å²) >= 11 is 0. The van der Waals surface area contributed by atoms with Gasteiger partial charge in [0.05, 0.1) is 24.7 Å². The quantitative estimate of drug-likeness (QED) is 0.576. The van der Waals surface area contributed by atoms with Crippen LogP contribution in [0.4, 0.5) is 0 Å². The standard InChI is InChI=1S/C19H18N2O5S/c1-12-16(9-13-3-5-15(26-2)6-4-13)18(22)21(19(23)17(12)10-20)14-7-8-27(24,25)11-14/h3-6,9,14H,7-8,11H2,1-2H3. The highest BCUT2D eigenvalue weighted by Gasteiger charge is 2.43. The Balaban J connectivity index is 2.05. The number of nitriles is 1. The van der Waals surface area contributed by atoms with E-state index in [4.69, 9.17) is 4.74 Å². The number of benzene rings is 1. The molecule has 1 aromatic rings. The monoisotopic (exact) mass is 386 g/mol. The fourth-order valence-corrected chi connectivity index (χ4v) is 4.98. The predicted octanol–water partition coefficient (Wildman–Crippen LogP) is 1.47. The van der Waals surface area contributed by atoms with Crippen molar-refractivity contribution in [2.24, 2.45) is 0 Å². The zero-order chi connectivity index (χ0) is 19.8. The van der Waals surface area contributed by atoms with Crippen LogP contribution in [0.3, 0.4) is 0 Å². The van der Waals surface area contributed by atoms with Gasteiger partial charge in [-0.2, -0.15) is 5.26 Å². The number of nitrogens with zero attached hydrogens (tertiary/aromatic N) is 2. The molecule has 0 spiro atoms. The van der Waals surface area contributed by atoms with Gasteiger partial charge < -0.3 is 4.74 Å². The molecule has 7 nitrogen and oxygen atoms in total. The van der Waals surface area contributed by atoms with E-state index in [0.717, 1.165) is 4.90 Å². The van der Waals surface area contributed by atoms with Crippen molar-refractivity contribution in [2.45, 2.75) is 19.4 Å². The van der Waals surface area contributed by atoms with E-state index < -0.39 is 27.7 Å². The first-order valence-corrected chi connectivity index (χ1v) is 10.1. The summed E-state index contributed by atoms with van der Waals surface area (Å²) in [5.41, 5.74) is 1.06. The van der Waals surface area contributed by atoms with Crippen molar-refractivity contribution >= 4 is 27.7 Å². The summed E-state index contributed by atoms with van der Waals surface area (Å²) < 4.78 is 28.7. The van der Waals surface area contributed by atoms with Crippen molar-refractivity contribution in [2.75, 3.05) is 18.6 Å². The van der Waals surface area contributed by atoms with Crippen molar-refractivity contribution in [3.63, 3.8) is 0 Å². The average molecular weight is 386 g/mol. The first-order chi connectivity index (χ1) is 12.8. The molecule has 1 aromatic carbocycles. The number of amides is 2. The van der Waals surface area contributed by atoms with Gasteiger partial charge in [-0.1, -0.05) is 12.1 Å². The van der Waals surface area contributed by atoms with Gasteiger partial charge in [0.1, 0.15) is 17.4 Å². The van der Waals surface area contributed by atoms with Crippen molar-refractivity contribution in [1.82, 2.24) is 4.90 Å². The molecule has 27 heavy (non-hydrogen) atoms. The van der Waals surface area contributed by atoms with Crippen LogP contribution in [0.15, 0.2) is 41.0 Å². The molecular weight excluding hydrogens is 368 g/mol. The zero-order valence-corrected chi connectivity index (χ0v) is 15.7. The lowest BCUT2D eigenvalue weighted by Gasteiger charge is -2.31. The van der Waals surface area contributed by atoms with E-state index in [0.29, 0.717) is 16.9 Å². The maximum Gasteiger partial charge on any atom is 0.271 e. The minimum Gasteiger partial charge on any atom is -0.497 e. The average Bonchev–Trinajstić information content (AvgIpc) is 2.99. The summed E-state index contributed by atoms with van der Waals surface area (Å²) in [4.78, 5) is 26.6. The van der Waals surface area contributed by atoms with Gasteiger partial charge in [0.2, 0.25) is 0 Å². The van der Waals surface area contributed by atoms with Gasteiger partial charge in [0.15, 0.2) is 9.84 Å². The van der Waals surface area contributed by atoms with E-state index in [1.165, 1.54) is 0 Å². The maximum absolute atomic E-state index is 13.0. The van der Waals surface area contributed by atoms with Crippen LogP contribution in [-0.2, 0) is 19.4 Å². The number of carbonyl (C=O) groups excluding carboxylic acids is 2. The summed E-state index contributed by atoms with van der Waals surface area (Å²) in [6, 6.07) is 8.08. The summed E-state index contributed by atoms with van der Waals surface area (Å²) in [5.74, 6) is -0.983. The molecule has 0 aromatic heterocycles. The number of imide groups is 1. The Kier molecular flexibility index (Phi) is 4.89. The molecule has 0 aliphatic carbocycles. The topological polar surface area (TPSA) is 105 Å². The molecule has 1 fully saturated rings. The Bertz CT molecular complexity index is 1010. The molecule has 0 N–H and O–H groups in total. The summed E-state index contributed by atoms with van der Waals surface area (Å²) in [6.45, 7) is 1.55. The SMILES string of the molecule is COc1ccc(C=C2C(=O)N(C3CCS(=O)(=O)C3)C(=O)C(C#N)=C2C)cc1. The zero-order valence-electron chi connectivity index (χ0n) is 14.9. The summed E-state index contributed by atoms with van der Waals surface area (Å²) in [6.07, 6.45) is 1.78. The van der Waals surface area contributed by atoms with E-state index in [-0.39, 0.29) is 29.1 Å². The van der Waals surface area contributed by atoms with Crippen molar-refractivity contribution in [3.8, 4) is 11.8 Å². The van der Waals surface area contributed by atoms with Crippen LogP contribution in [0.25, 0.3) is 6.08 Å². The van der Waals surface area contributed by atoms with Gasteiger partial charge in [-0.25, -0.2) is 8.42 Å². The van der Waals surface area contributed by atoms with Crippen LogP contribution in [0, 0.1) is 11.3 Å². The minimum absolute atomic E-state index is 0.0726. The maximum atomic E-state index is 13.0. The Morgan fingerprint density at radius 2 is 1.89 bits per heavy atom. The summed E-state index contributed by atoms with van der Waals surface area (Å²) in [5, 5.41) is 9.40. The molecular formula is C19H18N2O5S. The van der Waals surface area contributed by atoms with Crippen LogP contribution in [0.2, 0.25) is 0 Å². The molecule has 2 aliphatic rings. The first-order valence-electron chi connectivity index (χ1n) is 8.33. The lowest BCUT2D eigenvalue weighted by atomic mass is 9.92. The van der Waals surface area contributed by atoms with Crippen LogP contribution >= 0.6 is 0 Å². The smallest absolute Gasteiger partial charge is 0.271 e. The van der Waals surface area contributed by atoms with Gasteiger partial charge in [-0.15, -0.1) is 0 Å². The third-order valence-electron chi connectivity index (χ3n) is 4.77. The Morgan fingerprint density at radius 1 is 1.22 bits per heavy atom. The molecule has 0 radical (unpaired) electrons. The van der Waals surface area contributed by atoms with Gasteiger partial charge in [-0.3, -0.25) is 14.5 Å². The fourth-order valence-electron chi connectivity index (χ4n) is 3.28. The second-order valence-corrected chi connectivity index (χ2v) is 8.71. The lowest BCUT2D eigenvalue weighted by Crippen LogP contribution is -2.49. The molecule has 2 heterocycles. The van der Waals surface area contributed by atoms with Gasteiger partial charge in [-0.05, 0) is 42.7 Å². The molecule has 2 aliphatic heterocycles. The highest BCUT2D eigenvalue weighted by Crippen LogP contribution is 2.31. The predicted molar refractivity (Wildman–Crippen MR) is 98.2 cm³/mol. The highest BCUT2D eigenvalue weighted by atomic mass is 32.2. The Labute approximate surface area is 157 Å². The molecule has 1 saturated heterocycles.